The van der Waals surface area contributed by atoms with Crippen molar-refractivity contribution in [2.24, 2.45) is 11.3 Å². The van der Waals surface area contributed by atoms with E-state index in [1.807, 2.05) is 19.9 Å². The maximum Gasteiger partial charge on any atom is 0.407 e. The van der Waals surface area contributed by atoms with E-state index in [9.17, 15) is 13.6 Å². The van der Waals surface area contributed by atoms with Gasteiger partial charge in [0.2, 0.25) is 11.9 Å². The molecule has 3 saturated heterocycles. The lowest BCUT2D eigenvalue weighted by Gasteiger charge is -2.44. The predicted molar refractivity (Wildman–Crippen MR) is 114 cm³/mol. The highest BCUT2D eigenvalue weighted by molar-refractivity contribution is 5.70. The number of carbonyl (C=O) groups excluding carboxylic acids is 1. The van der Waals surface area contributed by atoms with Crippen molar-refractivity contribution in [3.05, 3.63) is 47.8 Å². The normalized spacial score (nSPS) is 27.9. The third-order valence-electron chi connectivity index (χ3n) is 6.95. The third kappa shape index (κ3) is 3.92. The van der Waals surface area contributed by atoms with Crippen LogP contribution in [0.2, 0.25) is 0 Å². The molecular weight excluding hydrogens is 416 g/mol. The van der Waals surface area contributed by atoms with E-state index in [1.54, 1.807) is 12.1 Å². The van der Waals surface area contributed by atoms with Crippen molar-refractivity contribution in [3.8, 4) is 16.9 Å². The molecule has 0 radical (unpaired) electrons. The molecular formula is C24H27F2N3O3. The van der Waals surface area contributed by atoms with Crippen molar-refractivity contribution < 1.29 is 23.0 Å². The van der Waals surface area contributed by atoms with Crippen LogP contribution in [0.25, 0.3) is 11.1 Å². The molecule has 1 aromatic heterocycles. The average molecular weight is 443 g/mol. The maximum absolute atomic E-state index is 14.2. The van der Waals surface area contributed by atoms with Crippen molar-refractivity contribution in [2.45, 2.75) is 38.8 Å². The van der Waals surface area contributed by atoms with Gasteiger partial charge in [0.15, 0.2) is 0 Å². The van der Waals surface area contributed by atoms with E-state index < -0.39 is 18.0 Å². The van der Waals surface area contributed by atoms with Gasteiger partial charge in [-0.25, -0.2) is 4.79 Å². The Hall–Kier alpha value is -2.74. The van der Waals surface area contributed by atoms with E-state index in [-0.39, 0.29) is 23.1 Å². The Kier molecular flexibility index (Phi) is 5.28. The number of alkyl carbamates (subject to hydrolysis) is 1. The lowest BCUT2D eigenvalue weighted by Crippen LogP contribution is -2.53. The lowest BCUT2D eigenvalue weighted by molar-refractivity contribution is -0.0361. The van der Waals surface area contributed by atoms with Crippen LogP contribution in [0, 0.1) is 23.2 Å². The molecule has 6 rings (SSSR count). The highest BCUT2D eigenvalue weighted by atomic mass is 19.1. The van der Waals surface area contributed by atoms with Gasteiger partial charge >= 0.3 is 6.09 Å². The number of piperidine rings is 3. The van der Waals surface area contributed by atoms with Crippen LogP contribution in [0.3, 0.4) is 0 Å². The summed E-state index contributed by atoms with van der Waals surface area (Å²) in [5, 5.41) is 3.05. The second-order valence-corrected chi connectivity index (χ2v) is 9.66. The van der Waals surface area contributed by atoms with E-state index in [0.717, 1.165) is 44.1 Å². The molecule has 1 aromatic carbocycles. The fourth-order valence-corrected chi connectivity index (χ4v) is 5.07. The molecule has 3 fully saturated rings. The van der Waals surface area contributed by atoms with Crippen molar-refractivity contribution in [3.63, 3.8) is 0 Å². The number of rotatable bonds is 3. The largest absolute Gasteiger partial charge is 0.493 e. The van der Waals surface area contributed by atoms with E-state index in [1.165, 1.54) is 6.07 Å². The van der Waals surface area contributed by atoms with Crippen LogP contribution in [0.1, 0.15) is 38.3 Å². The Morgan fingerprint density at radius 2 is 2.00 bits per heavy atom. The smallest absolute Gasteiger partial charge is 0.407 e. The summed E-state index contributed by atoms with van der Waals surface area (Å²) in [7, 11) is 0. The molecule has 32 heavy (non-hydrogen) atoms. The number of ether oxygens (including phenoxy) is 2. The minimum Gasteiger partial charge on any atom is -0.493 e. The molecule has 6 nitrogen and oxygen atoms in total. The lowest BCUT2D eigenvalue weighted by atomic mass is 9.78. The predicted octanol–water partition coefficient (Wildman–Crippen LogP) is 4.31. The topological polar surface area (TPSA) is 63.7 Å². The molecule has 1 amide bonds. The van der Waals surface area contributed by atoms with Gasteiger partial charge in [-0.15, -0.1) is 0 Å². The molecule has 0 aliphatic carbocycles. The molecule has 170 valence electrons. The number of amides is 1. The zero-order chi connectivity index (χ0) is 22.5. The van der Waals surface area contributed by atoms with Crippen molar-refractivity contribution in [2.75, 3.05) is 26.2 Å². The van der Waals surface area contributed by atoms with Crippen LogP contribution in [0.4, 0.5) is 13.6 Å². The number of nitrogens with zero attached hydrogens (tertiary/aromatic N) is 2. The van der Waals surface area contributed by atoms with Crippen LogP contribution in [0.15, 0.2) is 30.3 Å². The Morgan fingerprint density at radius 1 is 1.22 bits per heavy atom. The summed E-state index contributed by atoms with van der Waals surface area (Å²) in [4.78, 5) is 18.4. The summed E-state index contributed by atoms with van der Waals surface area (Å²) in [6, 6.07) is 7.40. The monoisotopic (exact) mass is 443 g/mol. The molecule has 0 saturated carbocycles. The molecule has 1 unspecified atom stereocenters. The van der Waals surface area contributed by atoms with Gasteiger partial charge in [0.25, 0.3) is 0 Å². The molecule has 4 aliphatic heterocycles. The van der Waals surface area contributed by atoms with Gasteiger partial charge in [-0.05, 0) is 55.6 Å². The zero-order valence-electron chi connectivity index (χ0n) is 18.2. The van der Waals surface area contributed by atoms with Gasteiger partial charge in [-0.2, -0.15) is 13.8 Å². The van der Waals surface area contributed by atoms with Gasteiger partial charge in [0.05, 0.1) is 12.6 Å². The summed E-state index contributed by atoms with van der Waals surface area (Å²) in [5.74, 6) is -0.758. The van der Waals surface area contributed by atoms with Crippen LogP contribution in [0.5, 0.6) is 5.75 Å². The fourth-order valence-electron chi connectivity index (χ4n) is 5.07. The quantitative estimate of drug-likeness (QED) is 0.717. The molecule has 2 bridgehead atoms. The number of benzene rings is 1. The first-order valence-electron chi connectivity index (χ1n) is 11.1. The van der Waals surface area contributed by atoms with Gasteiger partial charge < -0.3 is 14.8 Å². The first-order valence-corrected chi connectivity index (χ1v) is 11.1. The number of fused-ring (bicyclic) bond motifs is 4. The second kappa shape index (κ2) is 7.99. The van der Waals surface area contributed by atoms with E-state index >= 15 is 0 Å². The van der Waals surface area contributed by atoms with Crippen LogP contribution < -0.4 is 10.1 Å². The Balaban J connectivity index is 1.36. The molecule has 2 atom stereocenters. The molecule has 2 aromatic rings. The number of nitrogens with one attached hydrogen (secondary N) is 1. The van der Waals surface area contributed by atoms with Gasteiger partial charge in [0, 0.05) is 23.1 Å². The highest BCUT2D eigenvalue weighted by Gasteiger charge is 2.41. The summed E-state index contributed by atoms with van der Waals surface area (Å²) in [6.45, 7) is 7.38. The Bertz CT molecular complexity index is 1040. The molecule has 1 N–H and O–H groups in total. The van der Waals surface area contributed by atoms with E-state index in [0.29, 0.717) is 23.8 Å². The number of pyridine rings is 1. The SMILES string of the molecule is CC1(C)COc2cc(-c3ccc(F)nc3F)ccc2C1NC(=O)O[C@H]1CN2CCC1CC2. The number of hydrogen-bond donors (Lipinski definition) is 1. The highest BCUT2D eigenvalue weighted by Crippen LogP contribution is 2.44. The first-order chi connectivity index (χ1) is 15.3. The van der Waals surface area contributed by atoms with Crippen LogP contribution in [-0.2, 0) is 4.74 Å². The summed E-state index contributed by atoms with van der Waals surface area (Å²) in [5.41, 5.74) is 1.15. The van der Waals surface area contributed by atoms with Gasteiger partial charge in [-0.1, -0.05) is 26.0 Å². The molecule has 5 heterocycles. The third-order valence-corrected chi connectivity index (χ3v) is 6.95. The average Bonchev–Trinajstić information content (AvgIpc) is 2.76. The van der Waals surface area contributed by atoms with Gasteiger partial charge in [-0.3, -0.25) is 4.90 Å². The molecule has 0 spiro atoms. The standard InChI is InChI=1S/C24H27F2N3O3/c1-24(2)13-31-18-11-15(16-5-6-20(25)27-22(16)26)3-4-17(18)21(24)28-23(30)32-19-12-29-9-7-14(19)8-10-29/h3-6,11,14,19,21H,7-10,12-13H2,1-2H3,(H,28,30)/t19-,21?/m0/s1. The van der Waals surface area contributed by atoms with Crippen molar-refractivity contribution in [1.29, 1.82) is 0 Å². The summed E-state index contributed by atoms with van der Waals surface area (Å²) >= 11 is 0. The number of carbonyl (C=O) groups is 1. The van der Waals surface area contributed by atoms with Gasteiger partial charge in [0.1, 0.15) is 11.9 Å². The minimum absolute atomic E-state index is 0.0729. The van der Waals surface area contributed by atoms with E-state index in [4.69, 9.17) is 9.47 Å². The Labute approximate surface area is 185 Å². The second-order valence-electron chi connectivity index (χ2n) is 9.66. The van der Waals surface area contributed by atoms with Crippen LogP contribution in [-0.4, -0.2) is 48.3 Å². The number of halogens is 2. The van der Waals surface area contributed by atoms with Crippen LogP contribution >= 0.6 is 0 Å². The van der Waals surface area contributed by atoms with E-state index in [2.05, 4.69) is 15.2 Å². The fraction of sp³-hybridized carbons (Fsp3) is 0.500. The Morgan fingerprint density at radius 3 is 2.69 bits per heavy atom. The number of aromatic nitrogens is 1. The molecule has 4 aliphatic rings. The van der Waals surface area contributed by atoms with Crippen molar-refractivity contribution in [1.82, 2.24) is 15.2 Å². The molecule has 8 heteroatoms. The summed E-state index contributed by atoms with van der Waals surface area (Å²) < 4.78 is 39.1. The first kappa shape index (κ1) is 21.1. The summed E-state index contributed by atoms with van der Waals surface area (Å²) in [6.07, 6.45) is 1.64. The minimum atomic E-state index is -0.878. The van der Waals surface area contributed by atoms with Crippen molar-refractivity contribution >= 4 is 6.09 Å². The zero-order valence-corrected chi connectivity index (χ0v) is 18.2. The maximum atomic E-state index is 14.2. The number of hydrogen-bond acceptors (Lipinski definition) is 5.